The van der Waals surface area contributed by atoms with Crippen LogP contribution in [0.5, 0.6) is 0 Å². The van der Waals surface area contributed by atoms with Crippen LogP contribution in [-0.4, -0.2) is 10.2 Å². The minimum atomic E-state index is 0.0276. The molecule has 0 spiro atoms. The normalized spacial score (nSPS) is 11.7. The van der Waals surface area contributed by atoms with Crippen LogP contribution in [-0.2, 0) is 5.41 Å². The summed E-state index contributed by atoms with van der Waals surface area (Å²) in [6.07, 6.45) is 0. The molecule has 0 saturated heterocycles. The van der Waals surface area contributed by atoms with Crippen molar-refractivity contribution < 1.29 is 0 Å². The maximum atomic E-state index is 5.93. The van der Waals surface area contributed by atoms with E-state index in [1.54, 1.807) is 0 Å². The Balaban J connectivity index is 2.41. The first-order chi connectivity index (χ1) is 8.00. The maximum absolute atomic E-state index is 5.93. The summed E-state index contributed by atoms with van der Waals surface area (Å²) in [4.78, 5) is 0. The van der Waals surface area contributed by atoms with Gasteiger partial charge in [0.1, 0.15) is 0 Å². The highest BCUT2D eigenvalue weighted by Crippen LogP contribution is 2.31. The molecule has 0 amide bonds. The number of halogens is 1. The fourth-order valence-electron chi connectivity index (χ4n) is 2.00. The number of hydrogen-bond donors (Lipinski definition) is 0. The Labute approximate surface area is 111 Å². The van der Waals surface area contributed by atoms with Gasteiger partial charge in [-0.15, -0.1) is 0 Å². The molecule has 17 heavy (non-hydrogen) atoms. The summed E-state index contributed by atoms with van der Waals surface area (Å²) in [7, 11) is 1.11. The Hall–Kier alpha value is -1.05. The first-order valence-electron chi connectivity index (χ1n) is 5.83. The Morgan fingerprint density at radius 1 is 0.824 bits per heavy atom. The Morgan fingerprint density at radius 2 is 1.24 bits per heavy atom. The second-order valence-electron chi connectivity index (χ2n) is 5.00. The van der Waals surface area contributed by atoms with Gasteiger partial charge in [-0.05, 0) is 23.3 Å². The van der Waals surface area contributed by atoms with Crippen molar-refractivity contribution in [2.45, 2.75) is 19.3 Å². The summed E-state index contributed by atoms with van der Waals surface area (Å²) in [5.74, 6) is 0. The van der Waals surface area contributed by atoms with Gasteiger partial charge in [0, 0.05) is 20.7 Å². The molecule has 2 aromatic carbocycles. The average molecular weight is 261 g/mol. The highest BCUT2D eigenvalue weighted by atomic mass is 35.5. The van der Waals surface area contributed by atoms with Crippen LogP contribution in [0.3, 0.4) is 0 Å². The molecule has 2 heteroatoms. The van der Waals surface area contributed by atoms with Crippen molar-refractivity contribution in [3.05, 3.63) is 64.7 Å². The molecule has 0 fully saturated rings. The number of hydrogen-bond acceptors (Lipinski definition) is 0. The van der Waals surface area contributed by atoms with E-state index in [9.17, 15) is 0 Å². The van der Waals surface area contributed by atoms with E-state index < -0.39 is 0 Å². The third kappa shape index (κ3) is 2.62. The molecular weight excluding hydrogens is 244 g/mol. The van der Waals surface area contributed by atoms with Crippen molar-refractivity contribution in [2.75, 3.05) is 0 Å². The first kappa shape index (κ1) is 12.4. The van der Waals surface area contributed by atoms with Crippen LogP contribution in [0.25, 0.3) is 0 Å². The standard InChI is InChI=1S/C15H17ClSi/c1-15(2,11-3-7-13(16)8-4-11)12-5-9-14(17)10-6-12/h3-10H,1-2,17H3. The highest BCUT2D eigenvalue weighted by Gasteiger charge is 2.22. The summed E-state index contributed by atoms with van der Waals surface area (Å²) in [6, 6.07) is 17.0. The largest absolute Gasteiger partial charge is 0.0843 e. The van der Waals surface area contributed by atoms with Crippen LogP contribution < -0.4 is 5.19 Å². The lowest BCUT2D eigenvalue weighted by atomic mass is 9.78. The third-order valence-corrected chi connectivity index (χ3v) is 4.26. The van der Waals surface area contributed by atoms with E-state index in [2.05, 4.69) is 50.2 Å². The predicted molar refractivity (Wildman–Crippen MR) is 79.6 cm³/mol. The van der Waals surface area contributed by atoms with Gasteiger partial charge in [-0.25, -0.2) is 0 Å². The predicted octanol–water partition coefficient (Wildman–Crippen LogP) is 2.66. The van der Waals surface area contributed by atoms with Crippen LogP contribution in [0.2, 0.25) is 5.02 Å². The fourth-order valence-corrected chi connectivity index (χ4v) is 2.46. The van der Waals surface area contributed by atoms with E-state index >= 15 is 0 Å². The molecule has 0 saturated carbocycles. The lowest BCUT2D eigenvalue weighted by molar-refractivity contribution is 0.641. The van der Waals surface area contributed by atoms with Gasteiger partial charge < -0.3 is 0 Å². The van der Waals surface area contributed by atoms with Crippen LogP contribution in [0.1, 0.15) is 25.0 Å². The maximum Gasteiger partial charge on any atom is 0.0406 e. The van der Waals surface area contributed by atoms with Crippen LogP contribution in [0.4, 0.5) is 0 Å². The van der Waals surface area contributed by atoms with E-state index in [4.69, 9.17) is 11.6 Å². The molecule has 0 aliphatic heterocycles. The van der Waals surface area contributed by atoms with Gasteiger partial charge in [-0.2, -0.15) is 0 Å². The molecule has 0 bridgehead atoms. The Morgan fingerprint density at radius 3 is 1.71 bits per heavy atom. The monoisotopic (exact) mass is 260 g/mol. The van der Waals surface area contributed by atoms with E-state index in [1.807, 2.05) is 12.1 Å². The minimum Gasteiger partial charge on any atom is -0.0843 e. The van der Waals surface area contributed by atoms with Crippen LogP contribution in [0.15, 0.2) is 48.5 Å². The zero-order valence-electron chi connectivity index (χ0n) is 10.5. The summed E-state index contributed by atoms with van der Waals surface area (Å²) in [5, 5.41) is 2.22. The second-order valence-corrected chi connectivity index (χ2v) is 6.59. The lowest BCUT2D eigenvalue weighted by Gasteiger charge is -2.26. The van der Waals surface area contributed by atoms with E-state index in [0.29, 0.717) is 0 Å². The van der Waals surface area contributed by atoms with Gasteiger partial charge in [0.25, 0.3) is 0 Å². The Bertz CT molecular complexity index is 450. The summed E-state index contributed by atoms with van der Waals surface area (Å²) in [5.41, 5.74) is 2.67. The van der Waals surface area contributed by atoms with Crippen molar-refractivity contribution in [3.63, 3.8) is 0 Å². The highest BCUT2D eigenvalue weighted by molar-refractivity contribution is 6.32. The first-order valence-corrected chi connectivity index (χ1v) is 7.21. The number of rotatable bonds is 2. The molecule has 0 aliphatic carbocycles. The molecule has 0 nitrogen and oxygen atoms in total. The zero-order valence-corrected chi connectivity index (χ0v) is 13.3. The molecule has 88 valence electrons. The molecule has 0 atom stereocenters. The van der Waals surface area contributed by atoms with E-state index in [-0.39, 0.29) is 5.41 Å². The molecule has 0 aliphatic rings. The summed E-state index contributed by atoms with van der Waals surface area (Å²) < 4.78 is 0. The molecule has 2 rings (SSSR count). The van der Waals surface area contributed by atoms with Crippen molar-refractivity contribution in [2.24, 2.45) is 0 Å². The van der Waals surface area contributed by atoms with Crippen molar-refractivity contribution in [3.8, 4) is 0 Å². The second kappa shape index (κ2) is 4.67. The molecule has 0 N–H and O–H groups in total. The molecule has 0 radical (unpaired) electrons. The van der Waals surface area contributed by atoms with Crippen molar-refractivity contribution in [1.29, 1.82) is 0 Å². The fraction of sp³-hybridized carbons (Fsp3) is 0.200. The van der Waals surface area contributed by atoms with Crippen LogP contribution in [0, 0.1) is 0 Å². The van der Waals surface area contributed by atoms with E-state index in [1.165, 1.54) is 16.3 Å². The van der Waals surface area contributed by atoms with Gasteiger partial charge in [-0.1, -0.05) is 67.0 Å². The zero-order chi connectivity index (χ0) is 12.5. The summed E-state index contributed by atoms with van der Waals surface area (Å²) in [6.45, 7) is 4.50. The molecule has 0 heterocycles. The van der Waals surface area contributed by atoms with Gasteiger partial charge >= 0.3 is 0 Å². The number of benzene rings is 2. The van der Waals surface area contributed by atoms with Gasteiger partial charge in [-0.3, -0.25) is 0 Å². The average Bonchev–Trinajstić information content (AvgIpc) is 2.30. The minimum absolute atomic E-state index is 0.0276. The lowest BCUT2D eigenvalue weighted by Crippen LogP contribution is -2.19. The van der Waals surface area contributed by atoms with Gasteiger partial charge in [0.15, 0.2) is 0 Å². The topological polar surface area (TPSA) is 0 Å². The molecular formula is C15H17ClSi. The van der Waals surface area contributed by atoms with Gasteiger partial charge in [0.2, 0.25) is 0 Å². The van der Waals surface area contributed by atoms with Crippen molar-refractivity contribution in [1.82, 2.24) is 0 Å². The van der Waals surface area contributed by atoms with Gasteiger partial charge in [0.05, 0.1) is 0 Å². The molecule has 2 aromatic rings. The van der Waals surface area contributed by atoms with Crippen molar-refractivity contribution >= 4 is 27.0 Å². The molecule has 0 aromatic heterocycles. The third-order valence-electron chi connectivity index (χ3n) is 3.34. The Kier molecular flexibility index (Phi) is 3.41. The van der Waals surface area contributed by atoms with E-state index in [0.717, 1.165) is 15.3 Å². The quantitative estimate of drug-likeness (QED) is 0.729. The smallest absolute Gasteiger partial charge is 0.0406 e. The molecule has 0 unspecified atom stereocenters. The SMILES string of the molecule is CC(C)(c1ccc([SiH3])cc1)c1ccc(Cl)cc1. The summed E-state index contributed by atoms with van der Waals surface area (Å²) >= 11 is 5.93. The van der Waals surface area contributed by atoms with Crippen LogP contribution >= 0.6 is 11.6 Å².